The van der Waals surface area contributed by atoms with Crippen LogP contribution in [0.15, 0.2) is 53.5 Å². The van der Waals surface area contributed by atoms with E-state index < -0.39 is 0 Å². The molecule has 0 bridgehead atoms. The predicted octanol–water partition coefficient (Wildman–Crippen LogP) is 4.38. The van der Waals surface area contributed by atoms with E-state index in [0.29, 0.717) is 13.0 Å². The van der Waals surface area contributed by atoms with Crippen molar-refractivity contribution in [3.63, 3.8) is 0 Å². The van der Waals surface area contributed by atoms with Crippen molar-refractivity contribution in [3.8, 4) is 5.75 Å². The highest BCUT2D eigenvalue weighted by molar-refractivity contribution is 7.80. The van der Waals surface area contributed by atoms with E-state index in [1.165, 1.54) is 0 Å². The molecule has 0 atom stereocenters. The second-order valence-corrected chi connectivity index (χ2v) is 5.57. The van der Waals surface area contributed by atoms with E-state index in [0.717, 1.165) is 26.8 Å². The number of halogens is 1. The Balaban J connectivity index is 1.93. The van der Waals surface area contributed by atoms with Crippen LogP contribution in [-0.2, 0) is 6.42 Å². The third-order valence-electron chi connectivity index (χ3n) is 2.93. The summed E-state index contributed by atoms with van der Waals surface area (Å²) in [7, 11) is 1.65. The van der Waals surface area contributed by atoms with Crippen LogP contribution >= 0.6 is 23.8 Å². The highest BCUT2D eigenvalue weighted by Gasteiger charge is 2.01. The van der Waals surface area contributed by atoms with Crippen molar-refractivity contribution < 1.29 is 4.74 Å². The van der Waals surface area contributed by atoms with Gasteiger partial charge in [-0.15, -0.1) is 0 Å². The van der Waals surface area contributed by atoms with Crippen molar-refractivity contribution in [1.82, 2.24) is 0 Å². The first-order valence-electron chi connectivity index (χ1n) is 6.58. The smallest absolute Gasteiger partial charge is 0.127 e. The zero-order valence-electron chi connectivity index (χ0n) is 11.8. The number of thiocarbonyl (C=S) groups is 1. The lowest BCUT2D eigenvalue weighted by atomic mass is 10.1. The molecule has 0 spiro atoms. The van der Waals surface area contributed by atoms with Gasteiger partial charge in [0.1, 0.15) is 5.75 Å². The van der Waals surface area contributed by atoms with Crippen LogP contribution in [0.1, 0.15) is 11.1 Å². The molecule has 2 aromatic carbocycles. The highest BCUT2D eigenvalue weighted by atomic mass is 35.5. The Hall–Kier alpha value is -1.71. The van der Waals surface area contributed by atoms with Gasteiger partial charge in [-0.2, -0.15) is 0 Å². The lowest BCUT2D eigenvalue weighted by Gasteiger charge is -2.04. The van der Waals surface area contributed by atoms with Gasteiger partial charge in [-0.05, 0) is 29.8 Å². The molecule has 0 fully saturated rings. The van der Waals surface area contributed by atoms with E-state index in [1.54, 1.807) is 13.3 Å². The van der Waals surface area contributed by atoms with Crippen LogP contribution in [0.25, 0.3) is 0 Å². The minimum absolute atomic E-state index is 0.514. The fourth-order valence-electron chi connectivity index (χ4n) is 1.95. The fraction of sp³-hybridized carbons (Fsp3) is 0.176. The molecule has 2 nitrogen and oxygen atoms in total. The highest BCUT2D eigenvalue weighted by Crippen LogP contribution is 2.15. The van der Waals surface area contributed by atoms with Crippen molar-refractivity contribution in [2.24, 2.45) is 4.99 Å². The summed E-state index contributed by atoms with van der Waals surface area (Å²) in [6.07, 6.45) is 2.50. The summed E-state index contributed by atoms with van der Waals surface area (Å²) in [6, 6.07) is 15.5. The molecule has 0 aromatic heterocycles. The van der Waals surface area contributed by atoms with Crippen LogP contribution in [0.3, 0.4) is 0 Å². The van der Waals surface area contributed by atoms with Gasteiger partial charge in [-0.25, -0.2) is 0 Å². The maximum Gasteiger partial charge on any atom is 0.127 e. The topological polar surface area (TPSA) is 21.6 Å². The van der Waals surface area contributed by atoms with Gasteiger partial charge in [-0.1, -0.05) is 48.1 Å². The summed E-state index contributed by atoms with van der Waals surface area (Å²) < 4.78 is 5.27. The summed E-state index contributed by atoms with van der Waals surface area (Å²) in [6.45, 7) is 0.514. The fourth-order valence-corrected chi connectivity index (χ4v) is 2.40. The molecule has 0 N–H and O–H groups in total. The maximum atomic E-state index is 5.96. The first-order chi connectivity index (χ1) is 10.2. The Kier molecular flexibility index (Phi) is 5.90. The van der Waals surface area contributed by atoms with Crippen molar-refractivity contribution in [2.75, 3.05) is 13.7 Å². The molecular formula is C17H16ClNOS. The number of hydrogen-bond donors (Lipinski definition) is 0. The maximum absolute atomic E-state index is 5.96. The minimum Gasteiger partial charge on any atom is -0.496 e. The molecule has 21 heavy (non-hydrogen) atoms. The number of para-hydroxylation sites is 1. The zero-order valence-corrected chi connectivity index (χ0v) is 13.3. The number of aliphatic imine (C=N–C) groups is 1. The van der Waals surface area contributed by atoms with E-state index in [4.69, 9.17) is 28.6 Å². The zero-order chi connectivity index (χ0) is 15.1. The molecular weight excluding hydrogens is 302 g/mol. The first kappa shape index (κ1) is 15.7. The third-order valence-corrected chi connectivity index (χ3v) is 3.44. The summed E-state index contributed by atoms with van der Waals surface area (Å²) in [4.78, 5) is 5.27. The molecule has 0 heterocycles. The minimum atomic E-state index is 0.514. The van der Waals surface area contributed by atoms with Crippen LogP contribution in [0.5, 0.6) is 5.75 Å². The number of hydrogen-bond acceptors (Lipinski definition) is 3. The Morgan fingerprint density at radius 2 is 2.05 bits per heavy atom. The number of benzene rings is 2. The van der Waals surface area contributed by atoms with E-state index in [-0.39, 0.29) is 0 Å². The van der Waals surface area contributed by atoms with Gasteiger partial charge < -0.3 is 4.74 Å². The van der Waals surface area contributed by atoms with Gasteiger partial charge in [0.05, 0.1) is 13.7 Å². The van der Waals surface area contributed by atoms with Gasteiger partial charge in [0, 0.05) is 28.1 Å². The monoisotopic (exact) mass is 317 g/mol. The van der Waals surface area contributed by atoms with Crippen LogP contribution < -0.4 is 4.74 Å². The molecule has 0 radical (unpaired) electrons. The number of nitrogens with zero attached hydrogens (tertiary/aromatic N) is 1. The summed E-state index contributed by atoms with van der Waals surface area (Å²) >= 11 is 11.3. The average molecular weight is 318 g/mol. The Labute approximate surface area is 135 Å². The van der Waals surface area contributed by atoms with Crippen LogP contribution in [0, 0.1) is 0 Å². The SMILES string of the molecule is COc1ccccc1C=NCC(=S)Cc1cccc(Cl)c1. The standard InChI is InChI=1S/C17H16ClNOS/c1-20-17-8-3-2-6-14(17)11-19-12-16(21)10-13-5-4-7-15(18)9-13/h2-9,11H,10,12H2,1H3. The first-order valence-corrected chi connectivity index (χ1v) is 7.36. The molecule has 0 aliphatic rings. The normalized spacial score (nSPS) is 10.8. The van der Waals surface area contributed by atoms with E-state index in [1.807, 2.05) is 48.5 Å². The number of ether oxygens (including phenoxy) is 1. The van der Waals surface area contributed by atoms with Crippen LogP contribution in [-0.4, -0.2) is 24.7 Å². The van der Waals surface area contributed by atoms with Crippen LogP contribution in [0.2, 0.25) is 5.02 Å². The molecule has 0 unspecified atom stereocenters. The van der Waals surface area contributed by atoms with Gasteiger partial charge >= 0.3 is 0 Å². The molecule has 0 aliphatic heterocycles. The molecule has 108 valence electrons. The second-order valence-electron chi connectivity index (χ2n) is 4.56. The number of methoxy groups -OCH3 is 1. The molecule has 2 aromatic rings. The van der Waals surface area contributed by atoms with Crippen molar-refractivity contribution in [1.29, 1.82) is 0 Å². The molecule has 4 heteroatoms. The van der Waals surface area contributed by atoms with Crippen LogP contribution in [0.4, 0.5) is 0 Å². The molecule has 0 saturated heterocycles. The Morgan fingerprint density at radius 3 is 2.81 bits per heavy atom. The van der Waals surface area contributed by atoms with Gasteiger partial charge in [0.25, 0.3) is 0 Å². The Morgan fingerprint density at radius 1 is 1.24 bits per heavy atom. The summed E-state index contributed by atoms with van der Waals surface area (Å²) in [5.41, 5.74) is 2.06. The molecule has 0 saturated carbocycles. The Bertz CT molecular complexity index is 655. The van der Waals surface area contributed by atoms with Crippen molar-refractivity contribution in [2.45, 2.75) is 6.42 Å². The van der Waals surface area contributed by atoms with E-state index in [9.17, 15) is 0 Å². The average Bonchev–Trinajstić information content (AvgIpc) is 2.47. The van der Waals surface area contributed by atoms with Gasteiger partial charge in [0.15, 0.2) is 0 Å². The van der Waals surface area contributed by atoms with Gasteiger partial charge in [-0.3, -0.25) is 4.99 Å². The quantitative estimate of drug-likeness (QED) is 0.582. The largest absolute Gasteiger partial charge is 0.496 e. The molecule has 0 aliphatic carbocycles. The molecule has 2 rings (SSSR count). The summed E-state index contributed by atoms with van der Waals surface area (Å²) in [5.74, 6) is 0.807. The lowest BCUT2D eigenvalue weighted by molar-refractivity contribution is 0.414. The second kappa shape index (κ2) is 7.91. The third kappa shape index (κ3) is 4.96. The van der Waals surface area contributed by atoms with E-state index >= 15 is 0 Å². The predicted molar refractivity (Wildman–Crippen MR) is 93.2 cm³/mol. The molecule has 0 amide bonds. The van der Waals surface area contributed by atoms with Crippen molar-refractivity contribution >= 4 is 34.9 Å². The van der Waals surface area contributed by atoms with Crippen molar-refractivity contribution in [3.05, 3.63) is 64.7 Å². The summed E-state index contributed by atoms with van der Waals surface area (Å²) in [5, 5.41) is 0.729. The van der Waals surface area contributed by atoms with Gasteiger partial charge in [0.2, 0.25) is 0 Å². The van der Waals surface area contributed by atoms with E-state index in [2.05, 4.69) is 4.99 Å². The number of rotatable bonds is 6. The lowest BCUT2D eigenvalue weighted by Crippen LogP contribution is -2.04.